The molecule has 0 aliphatic rings. The maximum atomic E-state index is 10.3. The Hall–Kier alpha value is -2.15. The number of hydrogen-bond donors (Lipinski definition) is 0. The Balaban J connectivity index is 2.06. The van der Waals surface area contributed by atoms with Crippen molar-refractivity contribution in [2.45, 2.75) is 4.90 Å². The summed E-state index contributed by atoms with van der Waals surface area (Å²) in [5.74, 6) is 0.531. The van der Waals surface area contributed by atoms with Gasteiger partial charge in [-0.05, 0) is 30.3 Å². The first-order valence-electron chi connectivity index (χ1n) is 4.61. The predicted octanol–water partition coefficient (Wildman–Crippen LogP) is 2.55. The summed E-state index contributed by atoms with van der Waals surface area (Å²) in [7, 11) is 0. The molecule has 1 aromatic heterocycles. The van der Waals surface area contributed by atoms with Gasteiger partial charge in [-0.3, -0.25) is 10.1 Å². The van der Waals surface area contributed by atoms with E-state index in [1.165, 1.54) is 0 Å². The first kappa shape index (κ1) is 11.3. The maximum absolute atomic E-state index is 10.3. The van der Waals surface area contributed by atoms with Gasteiger partial charge in [0.25, 0.3) is 11.9 Å². The second-order valence-electron chi connectivity index (χ2n) is 2.92. The number of aromatic nitrogens is 2. The van der Waals surface area contributed by atoms with Crippen LogP contribution in [0.5, 0.6) is 11.8 Å². The lowest BCUT2D eigenvalue weighted by Gasteiger charge is -2.02. The van der Waals surface area contributed by atoms with Crippen LogP contribution in [0.1, 0.15) is 0 Å². The van der Waals surface area contributed by atoms with Gasteiger partial charge in [0.15, 0.2) is 0 Å². The molecular weight excluding hydrogens is 242 g/mol. The van der Waals surface area contributed by atoms with Gasteiger partial charge < -0.3 is 4.74 Å². The fourth-order valence-electron chi connectivity index (χ4n) is 1.10. The van der Waals surface area contributed by atoms with Crippen molar-refractivity contribution in [2.24, 2.45) is 0 Å². The Bertz CT molecular complexity index is 504. The third kappa shape index (κ3) is 3.42. The molecule has 6 nitrogen and oxygen atoms in total. The van der Waals surface area contributed by atoms with Crippen molar-refractivity contribution >= 4 is 11.9 Å². The molecule has 0 unspecified atom stereocenters. The average Bonchev–Trinajstić information content (AvgIpc) is 2.32. The zero-order chi connectivity index (χ0) is 12.1. The minimum atomic E-state index is -0.462. The van der Waals surface area contributed by atoms with E-state index in [1.807, 2.05) is 0 Å². The number of hydrogen-bond acceptors (Lipinski definition) is 6. The van der Waals surface area contributed by atoms with E-state index in [-0.39, 0.29) is 6.01 Å². The number of ether oxygens (including phenoxy) is 1. The summed E-state index contributed by atoms with van der Waals surface area (Å²) >= 11 is 0.549. The van der Waals surface area contributed by atoms with E-state index in [4.69, 9.17) is 4.74 Å². The Labute approximate surface area is 101 Å². The van der Waals surface area contributed by atoms with Gasteiger partial charge in [0.1, 0.15) is 10.1 Å². The second-order valence-corrected chi connectivity index (χ2v) is 3.87. The average molecular weight is 249 g/mol. The van der Waals surface area contributed by atoms with E-state index in [0.29, 0.717) is 22.6 Å². The van der Waals surface area contributed by atoms with Crippen molar-refractivity contribution in [3.63, 3.8) is 0 Å². The van der Waals surface area contributed by atoms with E-state index < -0.39 is 4.33 Å². The van der Waals surface area contributed by atoms with Gasteiger partial charge in [0, 0.05) is 12.4 Å². The molecule has 0 aliphatic carbocycles. The molecule has 0 saturated heterocycles. The van der Waals surface area contributed by atoms with Gasteiger partial charge in [-0.15, -0.1) is 0 Å². The van der Waals surface area contributed by atoms with Crippen LogP contribution < -0.4 is 4.74 Å². The first-order valence-corrected chi connectivity index (χ1v) is 5.39. The fourth-order valence-corrected chi connectivity index (χ4v) is 1.53. The van der Waals surface area contributed by atoms with Crippen LogP contribution >= 0.6 is 11.9 Å². The Morgan fingerprint density at radius 2 is 1.82 bits per heavy atom. The monoisotopic (exact) mass is 249 g/mol. The van der Waals surface area contributed by atoms with Crippen LogP contribution in [-0.4, -0.2) is 14.3 Å². The number of nitro groups is 1. The Kier molecular flexibility index (Phi) is 3.51. The standard InChI is InChI=1S/C10H7N3O3S/c14-13(15)17-9-4-2-8(3-5-9)16-10-11-6-1-7-12-10/h1-7H. The van der Waals surface area contributed by atoms with Gasteiger partial charge in [0.2, 0.25) is 0 Å². The highest BCUT2D eigenvalue weighted by atomic mass is 32.2. The summed E-state index contributed by atoms with van der Waals surface area (Å²) in [5, 5.41) is 10.3. The molecule has 86 valence electrons. The molecule has 2 aromatic rings. The van der Waals surface area contributed by atoms with E-state index in [1.54, 1.807) is 42.7 Å². The first-order chi connectivity index (χ1) is 8.24. The van der Waals surface area contributed by atoms with Crippen LogP contribution in [-0.2, 0) is 0 Å². The van der Waals surface area contributed by atoms with Gasteiger partial charge in [0.05, 0.1) is 4.90 Å². The molecule has 2 rings (SSSR count). The quantitative estimate of drug-likeness (QED) is 0.470. The molecule has 0 bridgehead atoms. The summed E-state index contributed by atoms with van der Waals surface area (Å²) in [6.07, 6.45) is 3.14. The van der Waals surface area contributed by atoms with Crippen LogP contribution in [0.25, 0.3) is 0 Å². The lowest BCUT2D eigenvalue weighted by molar-refractivity contribution is -0.284. The molecule has 0 saturated carbocycles. The summed E-state index contributed by atoms with van der Waals surface area (Å²) < 4.78 is 4.87. The molecular formula is C10H7N3O3S. The van der Waals surface area contributed by atoms with Crippen LogP contribution in [0.3, 0.4) is 0 Å². The molecule has 0 aliphatic heterocycles. The molecule has 0 atom stereocenters. The van der Waals surface area contributed by atoms with Crippen molar-refractivity contribution in [1.29, 1.82) is 0 Å². The SMILES string of the molecule is O=[N+]([O-])Sc1ccc(Oc2ncccn2)cc1. The van der Waals surface area contributed by atoms with Gasteiger partial charge in [-0.2, -0.15) is 0 Å². The minimum Gasteiger partial charge on any atom is -0.424 e. The molecule has 17 heavy (non-hydrogen) atoms. The molecule has 0 fully saturated rings. The summed E-state index contributed by atoms with van der Waals surface area (Å²) in [6, 6.07) is 8.38. The van der Waals surface area contributed by atoms with Crippen molar-refractivity contribution in [3.8, 4) is 11.8 Å². The molecule has 1 heterocycles. The zero-order valence-corrected chi connectivity index (χ0v) is 9.33. The summed E-state index contributed by atoms with van der Waals surface area (Å²) in [5.41, 5.74) is 0. The minimum absolute atomic E-state index is 0.238. The van der Waals surface area contributed by atoms with Gasteiger partial charge in [-0.1, -0.05) is 0 Å². The molecule has 1 aromatic carbocycles. The van der Waals surface area contributed by atoms with Crippen LogP contribution in [0, 0.1) is 10.1 Å². The summed E-state index contributed by atoms with van der Waals surface area (Å²) in [6.45, 7) is 0. The smallest absolute Gasteiger partial charge is 0.321 e. The topological polar surface area (TPSA) is 78.2 Å². The normalized spacial score (nSPS) is 9.88. The van der Waals surface area contributed by atoms with Gasteiger partial charge >= 0.3 is 6.01 Å². The Morgan fingerprint density at radius 1 is 1.18 bits per heavy atom. The molecule has 0 N–H and O–H groups in total. The van der Waals surface area contributed by atoms with Crippen molar-refractivity contribution in [1.82, 2.24) is 9.97 Å². The van der Waals surface area contributed by atoms with E-state index in [2.05, 4.69) is 9.97 Å². The lowest BCUT2D eigenvalue weighted by Crippen LogP contribution is -1.90. The number of rotatable bonds is 4. The summed E-state index contributed by atoms with van der Waals surface area (Å²) in [4.78, 5) is 18.6. The molecule has 0 amide bonds. The fraction of sp³-hybridized carbons (Fsp3) is 0. The zero-order valence-electron chi connectivity index (χ0n) is 8.52. The largest absolute Gasteiger partial charge is 0.424 e. The van der Waals surface area contributed by atoms with Gasteiger partial charge in [-0.25, -0.2) is 9.97 Å². The van der Waals surface area contributed by atoms with Crippen molar-refractivity contribution in [2.75, 3.05) is 0 Å². The third-order valence-corrected chi connectivity index (χ3v) is 2.39. The maximum Gasteiger partial charge on any atom is 0.321 e. The second kappa shape index (κ2) is 5.26. The van der Waals surface area contributed by atoms with Crippen LogP contribution in [0.2, 0.25) is 0 Å². The molecule has 0 spiro atoms. The van der Waals surface area contributed by atoms with Crippen molar-refractivity contribution < 1.29 is 9.07 Å². The molecule has 0 radical (unpaired) electrons. The highest BCUT2D eigenvalue weighted by Gasteiger charge is 2.05. The predicted molar refractivity (Wildman–Crippen MR) is 61.4 cm³/mol. The van der Waals surface area contributed by atoms with Crippen molar-refractivity contribution in [3.05, 3.63) is 52.8 Å². The van der Waals surface area contributed by atoms with E-state index >= 15 is 0 Å². The highest BCUT2D eigenvalue weighted by Crippen LogP contribution is 2.23. The highest BCUT2D eigenvalue weighted by molar-refractivity contribution is 7.93. The third-order valence-electron chi connectivity index (χ3n) is 1.75. The molecule has 7 heteroatoms. The van der Waals surface area contributed by atoms with Crippen LogP contribution in [0.15, 0.2) is 47.6 Å². The number of benzene rings is 1. The number of nitrogens with zero attached hydrogens (tertiary/aromatic N) is 3. The Morgan fingerprint density at radius 3 is 2.41 bits per heavy atom. The van der Waals surface area contributed by atoms with E-state index in [9.17, 15) is 10.1 Å². The van der Waals surface area contributed by atoms with Crippen LogP contribution in [0.4, 0.5) is 0 Å². The lowest BCUT2D eigenvalue weighted by atomic mass is 10.3. The van der Waals surface area contributed by atoms with E-state index in [0.717, 1.165) is 0 Å².